The number of halogens is 2. The van der Waals surface area contributed by atoms with Crippen molar-refractivity contribution in [1.29, 1.82) is 0 Å². The number of methoxy groups -OCH3 is 1. The number of rotatable bonds is 11. The summed E-state index contributed by atoms with van der Waals surface area (Å²) in [5.74, 6) is -1.49. The van der Waals surface area contributed by atoms with Gasteiger partial charge in [-0.05, 0) is 85.0 Å². The molecular weight excluding hydrogens is 538 g/mol. The SMILES string of the molecule is COc1cccc(CN(C[C@@H](O)[C@@H](N)Cc2cc(F)cc(F)c2)C(=O)c2cc(C)cc(C(=O)c3ccccc3C)c2)c1. The summed E-state index contributed by atoms with van der Waals surface area (Å²) in [5.41, 5.74) is 10.0. The summed E-state index contributed by atoms with van der Waals surface area (Å²) in [7, 11) is 1.54. The Morgan fingerprint density at radius 2 is 1.57 bits per heavy atom. The highest BCUT2D eigenvalue weighted by atomic mass is 19.1. The van der Waals surface area contributed by atoms with Crippen LogP contribution in [0, 0.1) is 25.5 Å². The molecule has 3 N–H and O–H groups in total. The first kappa shape index (κ1) is 30.6. The zero-order valence-corrected chi connectivity index (χ0v) is 23.8. The van der Waals surface area contributed by atoms with Gasteiger partial charge in [0.1, 0.15) is 17.4 Å². The van der Waals surface area contributed by atoms with Crippen molar-refractivity contribution in [2.75, 3.05) is 13.7 Å². The molecule has 2 atom stereocenters. The number of amides is 1. The highest BCUT2D eigenvalue weighted by molar-refractivity contribution is 6.11. The number of aryl methyl sites for hydroxylation is 2. The summed E-state index contributed by atoms with van der Waals surface area (Å²) < 4.78 is 32.7. The molecule has 0 heterocycles. The second-order valence-electron chi connectivity index (χ2n) is 10.5. The largest absolute Gasteiger partial charge is 0.497 e. The minimum absolute atomic E-state index is 0.00341. The lowest BCUT2D eigenvalue weighted by atomic mass is 9.95. The van der Waals surface area contributed by atoms with Crippen molar-refractivity contribution in [3.63, 3.8) is 0 Å². The van der Waals surface area contributed by atoms with Gasteiger partial charge in [0, 0.05) is 41.9 Å². The van der Waals surface area contributed by atoms with Gasteiger partial charge in [0.25, 0.3) is 5.91 Å². The van der Waals surface area contributed by atoms with Crippen LogP contribution in [0.4, 0.5) is 8.78 Å². The molecule has 0 aliphatic carbocycles. The van der Waals surface area contributed by atoms with E-state index in [1.807, 2.05) is 25.1 Å². The predicted octanol–water partition coefficient (Wildman–Crippen LogP) is 5.39. The Bertz CT molecular complexity index is 1570. The number of ether oxygens (including phenoxy) is 1. The summed E-state index contributed by atoms with van der Waals surface area (Å²) in [4.78, 5) is 28.8. The van der Waals surface area contributed by atoms with E-state index in [9.17, 15) is 23.5 Å². The lowest BCUT2D eigenvalue weighted by Crippen LogP contribution is -2.46. The zero-order valence-electron chi connectivity index (χ0n) is 23.8. The molecule has 8 heteroatoms. The quantitative estimate of drug-likeness (QED) is 0.235. The van der Waals surface area contributed by atoms with Crippen molar-refractivity contribution in [3.8, 4) is 5.75 Å². The minimum atomic E-state index is -1.22. The molecule has 4 aromatic rings. The van der Waals surface area contributed by atoms with Crippen molar-refractivity contribution >= 4 is 11.7 Å². The molecule has 0 bridgehead atoms. The molecule has 0 aliphatic rings. The first-order valence-corrected chi connectivity index (χ1v) is 13.6. The zero-order chi connectivity index (χ0) is 30.4. The molecule has 6 nitrogen and oxygen atoms in total. The van der Waals surface area contributed by atoms with E-state index >= 15 is 0 Å². The highest BCUT2D eigenvalue weighted by Gasteiger charge is 2.25. The van der Waals surface area contributed by atoms with Gasteiger partial charge in [0.05, 0.1) is 13.2 Å². The lowest BCUT2D eigenvalue weighted by Gasteiger charge is -2.29. The Morgan fingerprint density at radius 3 is 2.26 bits per heavy atom. The third kappa shape index (κ3) is 7.66. The molecule has 4 rings (SSSR count). The predicted molar refractivity (Wildman–Crippen MR) is 158 cm³/mol. The van der Waals surface area contributed by atoms with Crippen molar-refractivity contribution in [3.05, 3.63) is 136 Å². The number of carbonyl (C=O) groups excluding carboxylic acids is 2. The Morgan fingerprint density at radius 1 is 0.881 bits per heavy atom. The van der Waals surface area contributed by atoms with Crippen LogP contribution in [0.2, 0.25) is 0 Å². The number of carbonyl (C=O) groups is 2. The Balaban J connectivity index is 1.63. The van der Waals surface area contributed by atoms with Crippen LogP contribution in [-0.4, -0.2) is 47.5 Å². The maximum Gasteiger partial charge on any atom is 0.254 e. The molecular formula is C34H34F2N2O4. The van der Waals surface area contributed by atoms with E-state index in [2.05, 4.69) is 0 Å². The molecule has 0 saturated carbocycles. The van der Waals surface area contributed by atoms with E-state index in [4.69, 9.17) is 10.5 Å². The fourth-order valence-corrected chi connectivity index (χ4v) is 4.91. The summed E-state index contributed by atoms with van der Waals surface area (Å²) >= 11 is 0. The maximum absolute atomic E-state index is 14.0. The Hall–Kier alpha value is -4.40. The van der Waals surface area contributed by atoms with Gasteiger partial charge < -0.3 is 20.5 Å². The van der Waals surface area contributed by atoms with Gasteiger partial charge in [0.15, 0.2) is 5.78 Å². The van der Waals surface area contributed by atoms with Crippen LogP contribution in [-0.2, 0) is 13.0 Å². The van der Waals surface area contributed by atoms with Gasteiger partial charge in [0.2, 0.25) is 0 Å². The molecule has 0 spiro atoms. The summed E-state index contributed by atoms with van der Waals surface area (Å²) in [6, 6.07) is 21.6. The summed E-state index contributed by atoms with van der Waals surface area (Å²) in [6.07, 6.45) is -1.22. The molecule has 0 fully saturated rings. The average molecular weight is 573 g/mol. The van der Waals surface area contributed by atoms with Gasteiger partial charge in [-0.3, -0.25) is 9.59 Å². The van der Waals surface area contributed by atoms with Crippen molar-refractivity contribution in [2.24, 2.45) is 5.73 Å². The van der Waals surface area contributed by atoms with Crippen LogP contribution < -0.4 is 10.5 Å². The molecule has 1 amide bonds. The number of aliphatic hydroxyl groups excluding tert-OH is 1. The summed E-state index contributed by atoms with van der Waals surface area (Å²) in [5, 5.41) is 11.1. The second-order valence-corrected chi connectivity index (χ2v) is 10.5. The van der Waals surface area contributed by atoms with Crippen LogP contribution in [0.15, 0.2) is 84.9 Å². The molecule has 0 aromatic heterocycles. The third-order valence-corrected chi connectivity index (χ3v) is 7.07. The number of nitrogens with two attached hydrogens (primary N) is 1. The molecule has 0 aliphatic heterocycles. The van der Waals surface area contributed by atoms with E-state index in [1.165, 1.54) is 4.90 Å². The van der Waals surface area contributed by atoms with Crippen LogP contribution in [0.3, 0.4) is 0 Å². The normalized spacial score (nSPS) is 12.5. The van der Waals surface area contributed by atoms with E-state index < -0.39 is 29.7 Å². The van der Waals surface area contributed by atoms with Crippen LogP contribution in [0.5, 0.6) is 5.75 Å². The Labute approximate surface area is 244 Å². The number of hydrogen-bond donors (Lipinski definition) is 2. The van der Waals surface area contributed by atoms with Gasteiger partial charge in [-0.1, -0.05) is 36.4 Å². The van der Waals surface area contributed by atoms with Crippen molar-refractivity contribution in [2.45, 2.75) is 39.0 Å². The van der Waals surface area contributed by atoms with E-state index in [1.54, 1.807) is 62.6 Å². The van der Waals surface area contributed by atoms with E-state index in [0.29, 0.717) is 22.4 Å². The van der Waals surface area contributed by atoms with Gasteiger partial charge in [-0.25, -0.2) is 8.78 Å². The fourth-order valence-electron chi connectivity index (χ4n) is 4.91. The number of hydrogen-bond acceptors (Lipinski definition) is 5. The summed E-state index contributed by atoms with van der Waals surface area (Å²) in [6.45, 7) is 3.61. The average Bonchev–Trinajstić information content (AvgIpc) is 2.95. The van der Waals surface area contributed by atoms with E-state index in [-0.39, 0.29) is 30.9 Å². The monoisotopic (exact) mass is 572 g/mol. The molecule has 218 valence electrons. The van der Waals surface area contributed by atoms with Crippen LogP contribution in [0.25, 0.3) is 0 Å². The molecule has 42 heavy (non-hydrogen) atoms. The van der Waals surface area contributed by atoms with Gasteiger partial charge >= 0.3 is 0 Å². The van der Waals surface area contributed by atoms with Gasteiger partial charge in [-0.2, -0.15) is 0 Å². The molecule has 0 unspecified atom stereocenters. The highest BCUT2D eigenvalue weighted by Crippen LogP contribution is 2.21. The number of benzene rings is 4. The molecule has 4 aromatic carbocycles. The maximum atomic E-state index is 14.0. The minimum Gasteiger partial charge on any atom is -0.497 e. The van der Waals surface area contributed by atoms with E-state index in [0.717, 1.165) is 34.9 Å². The molecule has 0 saturated heterocycles. The van der Waals surface area contributed by atoms with Crippen LogP contribution in [0.1, 0.15) is 48.5 Å². The molecule has 0 radical (unpaired) electrons. The van der Waals surface area contributed by atoms with Crippen molar-refractivity contribution in [1.82, 2.24) is 4.90 Å². The first-order valence-electron chi connectivity index (χ1n) is 13.6. The fraction of sp³-hybridized carbons (Fsp3) is 0.235. The standard InChI is InChI=1S/C34H34F2N2O4/c1-21-11-25(33(40)30-10-5-4-7-22(30)2)17-26(12-21)34(41)38(19-23-8-6-9-29(15-23)42-3)20-32(39)31(37)16-24-13-27(35)18-28(36)14-24/h4-15,17-18,31-32,39H,16,19-20,37H2,1-3H3/t31-,32+/m0/s1. The number of aliphatic hydroxyl groups is 1. The first-order chi connectivity index (χ1) is 20.0. The number of nitrogens with zero attached hydrogens (tertiary/aromatic N) is 1. The number of ketones is 1. The smallest absolute Gasteiger partial charge is 0.254 e. The lowest BCUT2D eigenvalue weighted by molar-refractivity contribution is 0.0554. The van der Waals surface area contributed by atoms with Crippen LogP contribution >= 0.6 is 0 Å². The topological polar surface area (TPSA) is 92.9 Å². The third-order valence-electron chi connectivity index (χ3n) is 7.07. The van der Waals surface area contributed by atoms with Gasteiger partial charge in [-0.15, -0.1) is 0 Å². The second kappa shape index (κ2) is 13.5. The Kier molecular flexibility index (Phi) is 9.83. The van der Waals surface area contributed by atoms with Crippen molar-refractivity contribution < 1.29 is 28.2 Å².